The van der Waals surface area contributed by atoms with Crippen LogP contribution in [-0.4, -0.2) is 119 Å². The van der Waals surface area contributed by atoms with Crippen molar-refractivity contribution in [2.75, 3.05) is 92.5 Å². The van der Waals surface area contributed by atoms with Gasteiger partial charge >= 0.3 is 11.9 Å². The first-order chi connectivity index (χ1) is 68.0. The molecule has 10 aromatic carbocycles. The molecule has 0 bridgehead atoms. The Morgan fingerprint density at radius 1 is 0.216 bits per heavy atom. The molecule has 0 aliphatic heterocycles. The zero-order chi connectivity index (χ0) is 98.6. The molecule has 754 valence electrons. The molecule has 0 fully saturated rings. The van der Waals surface area contributed by atoms with Crippen LogP contribution < -0.4 is 56.8 Å². The lowest BCUT2D eigenvalue weighted by molar-refractivity contribution is -0.393. The fourth-order valence-electron chi connectivity index (χ4n) is 17.8. The Morgan fingerprint density at radius 3 is 0.604 bits per heavy atom. The summed E-state index contributed by atoms with van der Waals surface area (Å²) in [4.78, 5) is 66.0. The number of nitro groups is 3. The standard InChI is InChI=1S/C114H151N3O22/c1-11-21-35-51-126-98-68-83-85-70-100(128-53-37-23-13-3)104(132-57-41-27-17-7)74-89(85)93-78-108(106(134-59-43-29-19-9)76-91(93)87(83)72-102(98)130-55-39-25-15-5)136-61-45-31-33-47-63-138-113(118)112(111-95-65-80(115(120)121)49-50-82(95)110-96(111)66-81(116(122)123)67-97(110)117(124)125)114(119)139-64-48-34-32-46-62-137-109-79-94-90-75-105(133-58-42-28-18-8)101(129-54-38-24-14-4)71-86(90)84-69-99(127-52-36-22-12-2)103(131-56-40-26-16-6)73-88(84)92(94)77-107(109)135-60-44-30-20-10/h49-50,65-79H,11-48,51-64H2,1-10H3. The van der Waals surface area contributed by atoms with Crippen molar-refractivity contribution in [1.82, 2.24) is 0 Å². The van der Waals surface area contributed by atoms with Gasteiger partial charge < -0.3 is 66.3 Å². The number of nitrogens with zero attached hydrogens (tertiary/aromatic N) is 3. The van der Waals surface area contributed by atoms with Gasteiger partial charge in [0.05, 0.1) is 119 Å². The number of carbonyl (C=O) groups excluding carboxylic acids is 2. The normalized spacial score (nSPS) is 11.7. The van der Waals surface area contributed by atoms with E-state index in [4.69, 9.17) is 66.3 Å². The molecule has 0 heterocycles. The Morgan fingerprint density at radius 2 is 0.410 bits per heavy atom. The van der Waals surface area contributed by atoms with Gasteiger partial charge in [-0.2, -0.15) is 0 Å². The smallest absolute Gasteiger partial charge is 0.346 e. The van der Waals surface area contributed by atoms with Crippen molar-refractivity contribution in [3.63, 3.8) is 0 Å². The molecule has 11 rings (SSSR count). The lowest BCUT2D eigenvalue weighted by Gasteiger charge is -2.21. The van der Waals surface area contributed by atoms with Crippen LogP contribution in [0.15, 0.2) is 109 Å². The fourth-order valence-corrected chi connectivity index (χ4v) is 17.8. The SMILES string of the molecule is CCCCCOc1cc2c3cc(OCCCCC)c(OCCCCC)cc3c3cc(OCCCCCCOC(=O)C(C(=O)OCCCCCCOc4cc5c6cc(OCCCCC)c(OCCCCC)cc6c6cc(OCCCCC)c(OCCCCC)cc6c5cc4OCCCCC)=C4c5cc([N+](=O)[O-])ccc5-c5c4cc([N+](=O)[O-])cc5[N+](=O)[O-])c(OCCCCC)cc3c2cc1OCCCCC. The monoisotopic (exact) mass is 1910 g/mol. The second-order valence-electron chi connectivity index (χ2n) is 36.6. The summed E-state index contributed by atoms with van der Waals surface area (Å²) in [7, 11) is 0. The van der Waals surface area contributed by atoms with Crippen LogP contribution >= 0.6 is 0 Å². The van der Waals surface area contributed by atoms with E-state index < -0.39 is 49.3 Å². The molecule has 0 N–H and O–H groups in total. The predicted molar refractivity (Wildman–Crippen MR) is 556 cm³/mol. The fraction of sp³-hybridized carbons (Fsp3) is 0.544. The van der Waals surface area contributed by atoms with Crippen LogP contribution in [0.25, 0.3) is 81.3 Å². The van der Waals surface area contributed by atoms with Crippen molar-refractivity contribution in [2.24, 2.45) is 0 Å². The minimum Gasteiger partial charge on any atom is -0.490 e. The van der Waals surface area contributed by atoms with E-state index in [2.05, 4.69) is 142 Å². The second-order valence-corrected chi connectivity index (χ2v) is 36.6. The van der Waals surface area contributed by atoms with Crippen molar-refractivity contribution in [1.29, 1.82) is 0 Å². The van der Waals surface area contributed by atoms with E-state index in [9.17, 15) is 30.3 Å². The number of hydrogen-bond donors (Lipinski definition) is 0. The highest BCUT2D eigenvalue weighted by molar-refractivity contribution is 6.29. The number of rotatable bonds is 71. The van der Waals surface area contributed by atoms with E-state index >= 15 is 9.59 Å². The zero-order valence-corrected chi connectivity index (χ0v) is 84.4. The molecular formula is C114H151N3O22. The maximum absolute atomic E-state index is 15.1. The number of hydrogen-bond acceptors (Lipinski definition) is 22. The summed E-state index contributed by atoms with van der Waals surface area (Å²) >= 11 is 0. The first-order valence-corrected chi connectivity index (χ1v) is 52.5. The summed E-state index contributed by atoms with van der Waals surface area (Å²) < 4.78 is 92.4. The maximum Gasteiger partial charge on any atom is 0.346 e. The van der Waals surface area contributed by atoms with Crippen LogP contribution in [0.2, 0.25) is 0 Å². The summed E-state index contributed by atoms with van der Waals surface area (Å²) in [5, 5.41) is 49.6. The number of unbranched alkanes of at least 4 members (excludes halogenated alkanes) is 26. The third-order valence-corrected chi connectivity index (χ3v) is 25.5. The number of ether oxygens (including phenoxy) is 14. The van der Waals surface area contributed by atoms with Crippen molar-refractivity contribution < 1.29 is 90.7 Å². The second kappa shape index (κ2) is 57.7. The van der Waals surface area contributed by atoms with Gasteiger partial charge in [-0.1, -0.05) is 198 Å². The minimum absolute atomic E-state index is 0.0357. The Kier molecular flexibility index (Phi) is 44.7. The van der Waals surface area contributed by atoms with E-state index in [1.54, 1.807) is 0 Å². The molecular weight excluding hydrogens is 1760 g/mol. The summed E-state index contributed by atoms with van der Waals surface area (Å²) in [5.74, 6) is 5.38. The lowest BCUT2D eigenvalue weighted by atomic mass is 9.93. The van der Waals surface area contributed by atoms with Crippen LogP contribution in [0.4, 0.5) is 17.1 Å². The minimum atomic E-state index is -1.19. The maximum atomic E-state index is 15.1. The Hall–Kier alpha value is -11.8. The van der Waals surface area contributed by atoms with Gasteiger partial charge in [0, 0.05) is 29.3 Å². The molecule has 0 atom stereocenters. The molecule has 0 spiro atoms. The Bertz CT molecular complexity index is 5360. The third-order valence-electron chi connectivity index (χ3n) is 25.5. The highest BCUT2D eigenvalue weighted by Crippen LogP contribution is 2.55. The van der Waals surface area contributed by atoms with Gasteiger partial charge in [-0.05, 0) is 270 Å². The van der Waals surface area contributed by atoms with Gasteiger partial charge in [0.15, 0.2) is 74.6 Å². The van der Waals surface area contributed by atoms with Crippen molar-refractivity contribution >= 4 is 99.2 Å². The molecule has 1 aliphatic carbocycles. The summed E-state index contributed by atoms with van der Waals surface area (Å²) in [6.07, 6.45) is 33.6. The molecule has 25 nitrogen and oxygen atoms in total. The first-order valence-electron chi connectivity index (χ1n) is 52.5. The van der Waals surface area contributed by atoms with Gasteiger partial charge in [0.25, 0.3) is 17.1 Å². The molecule has 0 radical (unpaired) electrons. The summed E-state index contributed by atoms with van der Waals surface area (Å²) in [5.41, 5.74) is -3.46. The molecule has 0 unspecified atom stereocenters. The highest BCUT2D eigenvalue weighted by atomic mass is 16.6. The van der Waals surface area contributed by atoms with E-state index in [0.717, 1.165) is 282 Å². The highest BCUT2D eigenvalue weighted by Gasteiger charge is 2.41. The van der Waals surface area contributed by atoms with Crippen LogP contribution in [0.3, 0.4) is 0 Å². The van der Waals surface area contributed by atoms with E-state index in [0.29, 0.717) is 186 Å². The molecule has 0 saturated heterocycles. The molecule has 25 heteroatoms. The zero-order valence-electron chi connectivity index (χ0n) is 84.4. The number of fused-ring (bicyclic) bond motifs is 15. The van der Waals surface area contributed by atoms with Crippen molar-refractivity contribution in [3.05, 3.63) is 150 Å². The lowest BCUT2D eigenvalue weighted by Crippen LogP contribution is -2.21. The van der Waals surface area contributed by atoms with Gasteiger partial charge in [0.1, 0.15) is 0 Å². The number of nitro benzene ring substituents is 3. The number of benzene rings is 10. The van der Waals surface area contributed by atoms with E-state index in [1.807, 2.05) is 0 Å². The van der Waals surface area contributed by atoms with Gasteiger partial charge in [0.2, 0.25) is 0 Å². The topological polar surface area (TPSA) is 293 Å². The van der Waals surface area contributed by atoms with Crippen molar-refractivity contribution in [3.8, 4) is 80.1 Å². The molecule has 0 aromatic heterocycles. The van der Waals surface area contributed by atoms with Crippen molar-refractivity contribution in [2.45, 2.75) is 313 Å². The molecule has 139 heavy (non-hydrogen) atoms. The predicted octanol–water partition coefficient (Wildman–Crippen LogP) is 31.2. The van der Waals surface area contributed by atoms with Crippen LogP contribution in [0.5, 0.6) is 69.0 Å². The van der Waals surface area contributed by atoms with Crippen LogP contribution in [0.1, 0.15) is 324 Å². The van der Waals surface area contributed by atoms with Gasteiger partial charge in [-0.3, -0.25) is 30.3 Å². The molecule has 0 saturated carbocycles. The van der Waals surface area contributed by atoms with E-state index in [-0.39, 0.29) is 54.3 Å². The van der Waals surface area contributed by atoms with Gasteiger partial charge in [-0.25, -0.2) is 9.59 Å². The summed E-state index contributed by atoms with van der Waals surface area (Å²) in [6.45, 7) is 27.2. The number of non-ortho nitro benzene ring substituents is 2. The van der Waals surface area contributed by atoms with Crippen LogP contribution in [0, 0.1) is 30.3 Å². The largest absolute Gasteiger partial charge is 0.490 e. The Labute approximate surface area is 821 Å². The Balaban J connectivity index is 0.843. The quantitative estimate of drug-likeness (QED) is 0.00500. The van der Waals surface area contributed by atoms with Crippen LogP contribution in [-0.2, 0) is 19.1 Å². The number of esters is 2. The molecule has 10 aromatic rings. The number of carbonyl (C=O) groups is 2. The first kappa shape index (κ1) is 108. The summed E-state index contributed by atoms with van der Waals surface area (Å²) in [6, 6.07) is 30.6. The average molecular weight is 1920 g/mol. The third kappa shape index (κ3) is 29.9. The average Bonchev–Trinajstić information content (AvgIpc) is 0.775. The molecule has 1 aliphatic rings. The van der Waals surface area contributed by atoms with E-state index in [1.165, 1.54) is 6.07 Å². The molecule has 0 amide bonds. The van der Waals surface area contributed by atoms with Gasteiger partial charge in [-0.15, -0.1) is 0 Å².